The van der Waals surface area contributed by atoms with Crippen molar-refractivity contribution in [2.45, 2.75) is 22.1 Å². The van der Waals surface area contributed by atoms with E-state index in [1.165, 1.54) is 48.5 Å². The van der Waals surface area contributed by atoms with Crippen LogP contribution in [0.1, 0.15) is 15.9 Å². The third kappa shape index (κ3) is 14.2. The number of allylic oxidation sites excluding steroid dienone is 1. The predicted molar refractivity (Wildman–Crippen MR) is 147 cm³/mol. The number of halogens is 7. The molecule has 43 heavy (non-hydrogen) atoms. The number of benzene rings is 3. The summed E-state index contributed by atoms with van der Waals surface area (Å²) in [7, 11) is -7.49. The van der Waals surface area contributed by atoms with Crippen molar-refractivity contribution in [1.29, 1.82) is 0 Å². The minimum Gasteiger partial charge on any atom is -0.298 e. The van der Waals surface area contributed by atoms with E-state index in [2.05, 4.69) is 4.99 Å². The van der Waals surface area contributed by atoms with E-state index in [1.807, 2.05) is 0 Å². The zero-order valence-electron chi connectivity index (χ0n) is 21.3. The van der Waals surface area contributed by atoms with Crippen molar-refractivity contribution in [2.24, 2.45) is 15.3 Å². The van der Waals surface area contributed by atoms with Crippen LogP contribution in [0.15, 0.2) is 99.7 Å². The van der Waals surface area contributed by atoms with Crippen molar-refractivity contribution in [1.82, 2.24) is 0 Å². The van der Waals surface area contributed by atoms with Crippen LogP contribution in [0.4, 0.5) is 32.0 Å². The van der Waals surface area contributed by atoms with E-state index in [9.17, 15) is 52.8 Å². The van der Waals surface area contributed by atoms with Gasteiger partial charge in [0.15, 0.2) is 0 Å². The Hall–Kier alpha value is -3.90. The molecule has 18 heteroatoms. The molecule has 0 aliphatic heterocycles. The van der Waals surface area contributed by atoms with Crippen LogP contribution in [0, 0.1) is 0 Å². The molecule has 3 aromatic carbocycles. The first-order valence-corrected chi connectivity index (χ1v) is 14.5. The Kier molecular flexibility index (Phi) is 13.4. The largest absolute Gasteiger partial charge is 0.454 e. The molecule has 0 amide bonds. The van der Waals surface area contributed by atoms with Crippen LogP contribution in [0.3, 0.4) is 0 Å². The highest BCUT2D eigenvalue weighted by atomic mass is 35.5. The fraction of sp³-hybridized carbons (Fsp3) is 0.0800. The molecule has 0 aliphatic rings. The predicted octanol–water partition coefficient (Wildman–Crippen LogP) is 5.14. The summed E-state index contributed by atoms with van der Waals surface area (Å²) in [6.45, 7) is 0. The van der Waals surface area contributed by atoms with Gasteiger partial charge in [0, 0.05) is 5.56 Å². The minimum absolute atomic E-state index is 0.00750. The Morgan fingerprint density at radius 2 is 1.12 bits per heavy atom. The highest BCUT2D eigenvalue weighted by Gasteiger charge is 2.36. The summed E-state index contributed by atoms with van der Waals surface area (Å²) >= 11 is 4.92. The summed E-state index contributed by atoms with van der Waals surface area (Å²) in [4.78, 5) is 23.8. The fourth-order valence-corrected chi connectivity index (χ4v) is 3.58. The molecular formula is C25H20ClF6N3O6S2. The first-order valence-electron chi connectivity index (χ1n) is 11.0. The molecule has 0 unspecified atom stereocenters. The molecule has 0 bridgehead atoms. The normalized spacial score (nSPS) is 12.4. The average Bonchev–Trinajstić information content (AvgIpc) is 2.91. The maximum absolute atomic E-state index is 11.9. The van der Waals surface area contributed by atoms with E-state index in [4.69, 9.17) is 21.9 Å². The SMILES string of the molecule is FC(F)(F)C(Cl)=Nc1ccccc1.NS(=O)(=O)c1ccc(/C=C/C(=O)C(F)(F)F)cc1.NS(=O)(=O)c1ccc(C=O)cc1. The zero-order chi connectivity index (χ0) is 33.1. The van der Waals surface area contributed by atoms with Gasteiger partial charge in [-0.3, -0.25) is 9.59 Å². The molecular weight excluding hydrogens is 652 g/mol. The highest BCUT2D eigenvalue weighted by Crippen LogP contribution is 2.23. The molecule has 0 spiro atoms. The molecule has 4 N–H and O–H groups in total. The molecule has 0 aliphatic carbocycles. The van der Waals surface area contributed by atoms with Crippen molar-refractivity contribution in [3.63, 3.8) is 0 Å². The third-order valence-electron chi connectivity index (χ3n) is 4.48. The average molecular weight is 672 g/mol. The van der Waals surface area contributed by atoms with E-state index in [0.29, 0.717) is 17.9 Å². The zero-order valence-corrected chi connectivity index (χ0v) is 23.6. The number of alkyl halides is 6. The van der Waals surface area contributed by atoms with Gasteiger partial charge in [-0.2, -0.15) is 26.3 Å². The standard InChI is InChI=1S/C10H8F3NO3S.C8H5ClF3N.C7H7NO3S/c11-10(12,13)9(15)6-3-7-1-4-8(5-2-7)18(14,16)17;9-7(8(10,11)12)13-6-4-2-1-3-5-6;8-12(10,11)7-3-1-6(5-9)2-4-7/h1-6H,(H2,14,16,17);1-5H;1-5H,(H2,8,10,11)/b6-3+;;. The molecule has 3 aromatic rings. The summed E-state index contributed by atoms with van der Waals surface area (Å²) in [5.41, 5.74) is 0.854. The summed E-state index contributed by atoms with van der Waals surface area (Å²) in [5.74, 6) is -1.99. The van der Waals surface area contributed by atoms with Crippen LogP contribution < -0.4 is 10.3 Å². The second-order valence-electron chi connectivity index (χ2n) is 7.78. The van der Waals surface area contributed by atoms with Crippen molar-refractivity contribution in [3.05, 3.63) is 96.1 Å². The van der Waals surface area contributed by atoms with Gasteiger partial charge in [0.05, 0.1) is 15.5 Å². The highest BCUT2D eigenvalue weighted by molar-refractivity contribution is 7.89. The van der Waals surface area contributed by atoms with E-state index in [1.54, 1.807) is 18.2 Å². The number of ketones is 1. The molecule has 232 valence electrons. The van der Waals surface area contributed by atoms with Gasteiger partial charge in [0.25, 0.3) is 5.78 Å². The number of nitrogens with zero attached hydrogens (tertiary/aromatic N) is 1. The van der Waals surface area contributed by atoms with E-state index in [-0.39, 0.29) is 21.0 Å². The molecule has 9 nitrogen and oxygen atoms in total. The first kappa shape index (κ1) is 37.1. The quantitative estimate of drug-likeness (QED) is 0.159. The van der Waals surface area contributed by atoms with Gasteiger partial charge >= 0.3 is 12.4 Å². The lowest BCUT2D eigenvalue weighted by Crippen LogP contribution is -2.19. The maximum atomic E-state index is 11.9. The number of para-hydroxylation sites is 1. The summed E-state index contributed by atoms with van der Waals surface area (Å²) in [5, 5.41) is 8.31. The van der Waals surface area contributed by atoms with Crippen LogP contribution >= 0.6 is 11.6 Å². The van der Waals surface area contributed by atoms with Gasteiger partial charge in [-0.05, 0) is 48.0 Å². The van der Waals surface area contributed by atoms with Gasteiger partial charge in [-0.1, -0.05) is 60.1 Å². The van der Waals surface area contributed by atoms with Crippen molar-refractivity contribution < 1.29 is 52.8 Å². The van der Waals surface area contributed by atoms with Gasteiger partial charge in [0.1, 0.15) is 6.29 Å². The maximum Gasteiger partial charge on any atom is 0.454 e. The molecule has 0 heterocycles. The monoisotopic (exact) mass is 671 g/mol. The lowest BCUT2D eigenvalue weighted by molar-refractivity contribution is -0.165. The summed E-state index contributed by atoms with van der Waals surface area (Å²) in [6, 6.07) is 17.8. The Morgan fingerprint density at radius 1 is 0.698 bits per heavy atom. The van der Waals surface area contributed by atoms with E-state index >= 15 is 0 Å². The van der Waals surface area contributed by atoms with Crippen LogP contribution in [-0.2, 0) is 24.8 Å². The number of aliphatic imine (C=N–C) groups is 1. The van der Waals surface area contributed by atoms with Gasteiger partial charge in [-0.15, -0.1) is 0 Å². The number of hydrogen-bond donors (Lipinski definition) is 2. The molecule has 0 saturated heterocycles. The van der Waals surface area contributed by atoms with Crippen molar-refractivity contribution in [2.75, 3.05) is 0 Å². The fourth-order valence-electron chi connectivity index (χ4n) is 2.45. The lowest BCUT2D eigenvalue weighted by Gasteiger charge is -2.02. The summed E-state index contributed by atoms with van der Waals surface area (Å²) < 4.78 is 114. The number of rotatable bonds is 6. The Balaban J connectivity index is 0.000000331. The number of carbonyl (C=O) groups is 2. The van der Waals surface area contributed by atoms with Gasteiger partial charge in [0.2, 0.25) is 25.2 Å². The number of carbonyl (C=O) groups excluding carboxylic acids is 2. The van der Waals surface area contributed by atoms with Crippen LogP contribution in [0.5, 0.6) is 0 Å². The molecule has 0 saturated carbocycles. The van der Waals surface area contributed by atoms with Crippen LogP contribution in [0.2, 0.25) is 0 Å². The number of sulfonamides is 2. The molecule has 0 atom stereocenters. The third-order valence-corrected chi connectivity index (χ3v) is 6.63. The number of aldehydes is 1. The smallest absolute Gasteiger partial charge is 0.298 e. The first-order chi connectivity index (χ1) is 19.6. The van der Waals surface area contributed by atoms with Gasteiger partial charge in [-0.25, -0.2) is 32.1 Å². The Bertz CT molecular complexity index is 1660. The van der Waals surface area contributed by atoms with Crippen LogP contribution in [-0.4, -0.2) is 46.4 Å². The second-order valence-corrected chi connectivity index (χ2v) is 11.3. The van der Waals surface area contributed by atoms with Gasteiger partial charge < -0.3 is 0 Å². The lowest BCUT2D eigenvalue weighted by atomic mass is 10.2. The number of hydrogen-bond acceptors (Lipinski definition) is 7. The van der Waals surface area contributed by atoms with Crippen LogP contribution in [0.25, 0.3) is 6.08 Å². The summed E-state index contributed by atoms with van der Waals surface area (Å²) in [6.07, 6.45) is -7.56. The van der Waals surface area contributed by atoms with Crippen molar-refractivity contribution in [3.8, 4) is 0 Å². The molecule has 0 radical (unpaired) electrons. The second kappa shape index (κ2) is 15.5. The number of primary sulfonamides is 2. The van der Waals surface area contributed by atoms with E-state index < -0.39 is 43.4 Å². The Morgan fingerprint density at radius 3 is 1.47 bits per heavy atom. The Labute approximate surface area is 246 Å². The number of nitrogens with two attached hydrogens (primary N) is 2. The van der Waals surface area contributed by atoms with E-state index in [0.717, 1.165) is 18.2 Å². The molecule has 0 fully saturated rings. The molecule has 0 aromatic heterocycles. The topological polar surface area (TPSA) is 167 Å². The minimum atomic E-state index is -4.92. The van der Waals surface area contributed by atoms with Crippen molar-refractivity contribution >= 4 is 60.7 Å². The molecule has 3 rings (SSSR count).